The number of rotatable bonds is 6. The fraction of sp³-hybridized carbons (Fsp3) is 0.462. The van der Waals surface area contributed by atoms with Gasteiger partial charge in [-0.1, -0.05) is 19.1 Å². The number of carbonyl (C=O) groups is 1. The minimum atomic E-state index is -0.380. The van der Waals surface area contributed by atoms with Crippen LogP contribution in [0.15, 0.2) is 18.3 Å². The molecule has 0 bridgehead atoms. The van der Waals surface area contributed by atoms with E-state index in [0.717, 1.165) is 12.2 Å². The molecule has 0 spiro atoms. The summed E-state index contributed by atoms with van der Waals surface area (Å²) in [4.78, 5) is 18.1. The van der Waals surface area contributed by atoms with Crippen LogP contribution >= 0.6 is 12.2 Å². The van der Waals surface area contributed by atoms with Crippen LogP contribution in [-0.4, -0.2) is 41.5 Å². The fourth-order valence-electron chi connectivity index (χ4n) is 1.66. The van der Waals surface area contributed by atoms with E-state index in [2.05, 4.69) is 14.6 Å². The number of carbonyl (C=O) groups excluding carboxylic acids is 1. The summed E-state index contributed by atoms with van der Waals surface area (Å²) in [5, 5.41) is 0. The van der Waals surface area contributed by atoms with Crippen molar-refractivity contribution in [3.63, 3.8) is 0 Å². The Balaban J connectivity index is 2.58. The Kier molecular flexibility index (Phi) is 5.85. The maximum Gasteiger partial charge on any atom is 0.339 e. The number of aromatic nitrogens is 1. The van der Waals surface area contributed by atoms with Crippen molar-refractivity contribution in [1.29, 1.82) is 0 Å². The molecule has 1 rings (SSSR count). The summed E-state index contributed by atoms with van der Waals surface area (Å²) in [5.41, 5.74) is 6.91. The van der Waals surface area contributed by atoms with Gasteiger partial charge in [0.2, 0.25) is 0 Å². The number of nitrogens with zero attached hydrogens (tertiary/aromatic N) is 2. The van der Waals surface area contributed by atoms with Gasteiger partial charge >= 0.3 is 5.97 Å². The summed E-state index contributed by atoms with van der Waals surface area (Å²) < 4.78 is 4.62. The number of ether oxygens (including phenoxy) is 1. The molecule has 6 heteroatoms. The van der Waals surface area contributed by atoms with E-state index in [9.17, 15) is 4.79 Å². The molecule has 1 unspecified atom stereocenters. The molecule has 0 saturated carbocycles. The van der Waals surface area contributed by atoms with Gasteiger partial charge in [0.15, 0.2) is 0 Å². The number of thiocarbonyl (C=S) groups is 1. The fourth-order valence-corrected chi connectivity index (χ4v) is 1.73. The van der Waals surface area contributed by atoms with Gasteiger partial charge in [0.1, 0.15) is 0 Å². The Bertz CT molecular complexity index is 448. The molecule has 0 aromatic carbocycles. The van der Waals surface area contributed by atoms with Gasteiger partial charge in [-0.2, -0.15) is 0 Å². The summed E-state index contributed by atoms with van der Waals surface area (Å²) in [6.07, 6.45) is 1.52. The minimum absolute atomic E-state index is 0.161. The first-order valence-electron chi connectivity index (χ1n) is 5.95. The van der Waals surface area contributed by atoms with Crippen molar-refractivity contribution in [3.05, 3.63) is 29.6 Å². The summed E-state index contributed by atoms with van der Waals surface area (Å²) in [5.74, 6) is -0.219. The number of nitrogens with two attached hydrogens (primary N) is 1. The molecule has 0 fully saturated rings. The van der Waals surface area contributed by atoms with Gasteiger partial charge in [0.25, 0.3) is 0 Å². The quantitative estimate of drug-likeness (QED) is 0.624. The third-order valence-electron chi connectivity index (χ3n) is 2.75. The maximum atomic E-state index is 11.3. The van der Waals surface area contributed by atoms with Gasteiger partial charge in [-0.25, -0.2) is 4.79 Å². The first-order chi connectivity index (χ1) is 8.93. The molecule has 5 nitrogen and oxygen atoms in total. The largest absolute Gasteiger partial charge is 0.465 e. The van der Waals surface area contributed by atoms with E-state index < -0.39 is 0 Å². The Morgan fingerprint density at radius 2 is 2.26 bits per heavy atom. The van der Waals surface area contributed by atoms with E-state index in [4.69, 9.17) is 18.0 Å². The van der Waals surface area contributed by atoms with Crippen LogP contribution in [0.4, 0.5) is 0 Å². The zero-order chi connectivity index (χ0) is 14.4. The van der Waals surface area contributed by atoms with Gasteiger partial charge in [-0.15, -0.1) is 0 Å². The lowest BCUT2D eigenvalue weighted by atomic mass is 10.1. The van der Waals surface area contributed by atoms with Gasteiger partial charge in [-0.05, 0) is 19.2 Å². The van der Waals surface area contributed by atoms with E-state index in [1.54, 1.807) is 6.07 Å². The minimum Gasteiger partial charge on any atom is -0.465 e. The highest BCUT2D eigenvalue weighted by atomic mass is 32.1. The zero-order valence-electron chi connectivity index (χ0n) is 11.4. The Morgan fingerprint density at radius 3 is 2.74 bits per heavy atom. The highest BCUT2D eigenvalue weighted by Gasteiger charge is 2.10. The summed E-state index contributed by atoms with van der Waals surface area (Å²) in [6, 6.07) is 3.52. The molecule has 1 aromatic heterocycles. The third kappa shape index (κ3) is 4.92. The van der Waals surface area contributed by atoms with Crippen molar-refractivity contribution >= 4 is 23.2 Å². The molecular formula is C13H19N3O2S. The molecule has 0 saturated heterocycles. The summed E-state index contributed by atoms with van der Waals surface area (Å²) in [6.45, 7) is 3.44. The van der Waals surface area contributed by atoms with Gasteiger partial charge < -0.3 is 10.5 Å². The van der Waals surface area contributed by atoms with E-state index in [1.165, 1.54) is 13.3 Å². The monoisotopic (exact) mass is 281 g/mol. The van der Waals surface area contributed by atoms with Crippen molar-refractivity contribution in [2.75, 3.05) is 20.7 Å². The highest BCUT2D eigenvalue weighted by Crippen LogP contribution is 2.06. The Morgan fingerprint density at radius 1 is 1.58 bits per heavy atom. The SMILES string of the molecule is COC(=O)c1ccc(CN(C)CC(C)C(N)=S)nc1. The van der Waals surface area contributed by atoms with Gasteiger partial charge in [0.05, 0.1) is 23.4 Å². The number of pyridine rings is 1. The average Bonchev–Trinajstić information content (AvgIpc) is 2.38. The summed E-state index contributed by atoms with van der Waals surface area (Å²) in [7, 11) is 3.33. The highest BCUT2D eigenvalue weighted by molar-refractivity contribution is 7.80. The van der Waals surface area contributed by atoms with Crippen LogP contribution in [0.25, 0.3) is 0 Å². The summed E-state index contributed by atoms with van der Waals surface area (Å²) >= 11 is 4.94. The van der Waals surface area contributed by atoms with E-state index in [0.29, 0.717) is 17.1 Å². The first-order valence-corrected chi connectivity index (χ1v) is 6.36. The number of methoxy groups -OCH3 is 1. The van der Waals surface area contributed by atoms with E-state index >= 15 is 0 Å². The molecule has 1 atom stereocenters. The lowest BCUT2D eigenvalue weighted by Crippen LogP contribution is -2.31. The van der Waals surface area contributed by atoms with Gasteiger partial charge in [0, 0.05) is 25.2 Å². The molecule has 0 aliphatic rings. The molecule has 0 aliphatic heterocycles. The van der Waals surface area contributed by atoms with Crippen LogP contribution in [0, 0.1) is 5.92 Å². The molecule has 1 aromatic rings. The lowest BCUT2D eigenvalue weighted by Gasteiger charge is -2.20. The number of hydrogen-bond acceptors (Lipinski definition) is 5. The number of hydrogen-bond donors (Lipinski definition) is 1. The molecule has 0 amide bonds. The van der Waals surface area contributed by atoms with Crippen LogP contribution in [0.2, 0.25) is 0 Å². The molecule has 2 N–H and O–H groups in total. The second kappa shape index (κ2) is 7.16. The molecule has 0 radical (unpaired) electrons. The molecule has 19 heavy (non-hydrogen) atoms. The number of esters is 1. The Hall–Kier alpha value is -1.53. The van der Waals surface area contributed by atoms with Crippen molar-refractivity contribution in [2.45, 2.75) is 13.5 Å². The predicted octanol–water partition coefficient (Wildman–Crippen LogP) is 1.22. The van der Waals surface area contributed by atoms with E-state index in [1.807, 2.05) is 20.0 Å². The third-order valence-corrected chi connectivity index (χ3v) is 3.15. The topological polar surface area (TPSA) is 68.5 Å². The van der Waals surface area contributed by atoms with E-state index in [-0.39, 0.29) is 11.9 Å². The van der Waals surface area contributed by atoms with Crippen LogP contribution in [0.1, 0.15) is 23.0 Å². The second-order valence-electron chi connectivity index (χ2n) is 4.53. The van der Waals surface area contributed by atoms with Crippen LogP contribution in [0.5, 0.6) is 0 Å². The Labute approximate surface area is 118 Å². The van der Waals surface area contributed by atoms with Crippen molar-refractivity contribution in [2.24, 2.45) is 11.7 Å². The normalized spacial score (nSPS) is 12.2. The predicted molar refractivity (Wildman–Crippen MR) is 77.9 cm³/mol. The first kappa shape index (κ1) is 15.5. The zero-order valence-corrected chi connectivity index (χ0v) is 12.2. The maximum absolute atomic E-state index is 11.3. The molecule has 104 valence electrons. The molecular weight excluding hydrogens is 262 g/mol. The molecule has 1 heterocycles. The molecule has 0 aliphatic carbocycles. The van der Waals surface area contributed by atoms with Gasteiger partial charge in [-0.3, -0.25) is 9.88 Å². The lowest BCUT2D eigenvalue weighted by molar-refractivity contribution is 0.0600. The van der Waals surface area contributed by atoms with Crippen LogP contribution in [0.3, 0.4) is 0 Å². The van der Waals surface area contributed by atoms with Crippen molar-refractivity contribution in [3.8, 4) is 0 Å². The van der Waals surface area contributed by atoms with Crippen LogP contribution in [-0.2, 0) is 11.3 Å². The van der Waals surface area contributed by atoms with Crippen LogP contribution < -0.4 is 5.73 Å². The second-order valence-corrected chi connectivity index (χ2v) is 5.00. The average molecular weight is 281 g/mol. The van der Waals surface area contributed by atoms with Crippen molar-refractivity contribution < 1.29 is 9.53 Å². The smallest absolute Gasteiger partial charge is 0.339 e. The van der Waals surface area contributed by atoms with Crippen molar-refractivity contribution in [1.82, 2.24) is 9.88 Å². The standard InChI is InChI=1S/C13H19N3O2S/c1-9(12(14)19)7-16(2)8-11-5-4-10(6-15-11)13(17)18-3/h4-6,9H,7-8H2,1-3H3,(H2,14,19).